The molecule has 6 nitrogen and oxygen atoms in total. The van der Waals surface area contributed by atoms with Crippen LogP contribution in [0.3, 0.4) is 0 Å². The van der Waals surface area contributed by atoms with Crippen molar-refractivity contribution in [3.05, 3.63) is 76.0 Å². The first-order valence-electron chi connectivity index (χ1n) is 9.13. The molecule has 2 aromatic heterocycles. The van der Waals surface area contributed by atoms with Gasteiger partial charge >= 0.3 is 0 Å². The number of aryl methyl sites for hydroxylation is 1. The first-order chi connectivity index (χ1) is 14.6. The Labute approximate surface area is 187 Å². The Kier molecular flexibility index (Phi) is 6.56. The number of rotatable bonds is 8. The van der Waals surface area contributed by atoms with Gasteiger partial charge in [0.1, 0.15) is 24.4 Å². The number of nitrogens with zero attached hydrogens (tertiary/aromatic N) is 4. The molecule has 4 aromatic rings. The van der Waals surface area contributed by atoms with Crippen LogP contribution in [0.4, 0.5) is 0 Å². The molecule has 0 bridgehead atoms. The van der Waals surface area contributed by atoms with Crippen molar-refractivity contribution in [3.63, 3.8) is 0 Å². The Morgan fingerprint density at radius 3 is 2.63 bits per heavy atom. The van der Waals surface area contributed by atoms with E-state index in [2.05, 4.69) is 15.2 Å². The first-order valence-corrected chi connectivity index (χ1v) is 11.3. The van der Waals surface area contributed by atoms with Crippen molar-refractivity contribution in [2.75, 3.05) is 12.9 Å². The lowest BCUT2D eigenvalue weighted by atomic mass is 10.2. The van der Waals surface area contributed by atoms with Crippen molar-refractivity contribution in [3.8, 4) is 5.75 Å². The highest BCUT2D eigenvalue weighted by Gasteiger charge is 2.17. The van der Waals surface area contributed by atoms with Gasteiger partial charge in [-0.25, -0.2) is 9.50 Å². The quantitative estimate of drug-likeness (QED) is 0.199. The average Bonchev–Trinajstić information content (AvgIpc) is 3.35. The van der Waals surface area contributed by atoms with Crippen molar-refractivity contribution in [2.45, 2.75) is 18.4 Å². The summed E-state index contributed by atoms with van der Waals surface area (Å²) >= 11 is 9.22. The monoisotopic (exact) mass is 458 g/mol. The Morgan fingerprint density at radius 1 is 1.17 bits per heavy atom. The topological polar surface area (TPSA) is 61.0 Å². The van der Waals surface area contributed by atoms with Crippen LogP contribution in [0, 0.1) is 6.92 Å². The van der Waals surface area contributed by atoms with Gasteiger partial charge in [0.25, 0.3) is 0 Å². The Hall–Kier alpha value is -2.55. The number of methoxy groups -OCH3 is 1. The van der Waals surface area contributed by atoms with Crippen molar-refractivity contribution in [1.82, 2.24) is 14.6 Å². The summed E-state index contributed by atoms with van der Waals surface area (Å²) < 4.78 is 7.02. The van der Waals surface area contributed by atoms with E-state index in [9.17, 15) is 0 Å². The van der Waals surface area contributed by atoms with Crippen LogP contribution < -0.4 is 4.74 Å². The summed E-state index contributed by atoms with van der Waals surface area (Å²) in [6.07, 6.45) is 1.56. The van der Waals surface area contributed by atoms with Gasteiger partial charge in [0.15, 0.2) is 0 Å². The molecule has 0 unspecified atom stereocenters. The number of ether oxygens (including phenoxy) is 1. The molecule has 2 heterocycles. The fourth-order valence-corrected chi connectivity index (χ4v) is 4.84. The van der Waals surface area contributed by atoms with Gasteiger partial charge in [0, 0.05) is 15.7 Å². The molecule has 0 fully saturated rings. The van der Waals surface area contributed by atoms with Crippen LogP contribution in [0.1, 0.15) is 16.1 Å². The minimum Gasteiger partial charge on any atom is -0.497 e. The molecule has 0 amide bonds. The van der Waals surface area contributed by atoms with E-state index in [1.807, 2.05) is 60.0 Å². The number of benzene rings is 2. The van der Waals surface area contributed by atoms with Crippen molar-refractivity contribution in [2.24, 2.45) is 5.16 Å². The molecule has 30 heavy (non-hydrogen) atoms. The lowest BCUT2D eigenvalue weighted by Gasteiger charge is -2.07. The number of thiazole rings is 1. The number of hydrogen-bond donors (Lipinski definition) is 0. The Bertz CT molecular complexity index is 1150. The average molecular weight is 459 g/mol. The molecule has 9 heteroatoms. The summed E-state index contributed by atoms with van der Waals surface area (Å²) in [7, 11) is 1.65. The smallest absolute Gasteiger partial charge is 0.212 e. The van der Waals surface area contributed by atoms with Gasteiger partial charge in [-0.1, -0.05) is 40.2 Å². The molecular formula is C21H19ClN4O2S2. The number of hydrogen-bond acceptors (Lipinski definition) is 7. The van der Waals surface area contributed by atoms with Gasteiger partial charge in [-0.05, 0) is 48.9 Å². The van der Waals surface area contributed by atoms with E-state index in [1.54, 1.807) is 36.5 Å². The maximum Gasteiger partial charge on any atom is 0.212 e. The van der Waals surface area contributed by atoms with Crippen LogP contribution in [0.5, 0.6) is 5.75 Å². The van der Waals surface area contributed by atoms with E-state index in [1.165, 1.54) is 0 Å². The van der Waals surface area contributed by atoms with Crippen molar-refractivity contribution in [1.29, 1.82) is 0 Å². The third kappa shape index (κ3) is 4.77. The van der Waals surface area contributed by atoms with Gasteiger partial charge in [-0.15, -0.1) is 11.8 Å². The molecule has 2 aromatic carbocycles. The Morgan fingerprint density at radius 2 is 1.93 bits per heavy atom. The van der Waals surface area contributed by atoms with E-state index in [0.717, 1.165) is 42.5 Å². The molecule has 0 N–H and O–H groups in total. The number of thioether (sulfide) groups is 1. The fourth-order valence-electron chi connectivity index (χ4n) is 2.78. The fraction of sp³-hybridized carbons (Fsp3) is 0.190. The summed E-state index contributed by atoms with van der Waals surface area (Å²) in [5.74, 6) is 1.46. The second-order valence-electron chi connectivity index (χ2n) is 6.37. The van der Waals surface area contributed by atoms with Crippen LogP contribution in [0.15, 0.2) is 64.9 Å². The molecule has 154 valence electrons. The van der Waals surface area contributed by atoms with Crippen molar-refractivity contribution >= 4 is 45.4 Å². The number of oxime groups is 1. The maximum absolute atomic E-state index is 5.99. The molecule has 0 spiro atoms. The Balaban J connectivity index is 1.53. The zero-order valence-corrected chi connectivity index (χ0v) is 18.8. The molecule has 0 saturated carbocycles. The summed E-state index contributed by atoms with van der Waals surface area (Å²) in [6.45, 7) is 2.39. The van der Waals surface area contributed by atoms with Crippen LogP contribution in [-0.4, -0.2) is 33.2 Å². The van der Waals surface area contributed by atoms with Gasteiger partial charge in [-0.3, -0.25) is 0 Å². The van der Waals surface area contributed by atoms with Crippen LogP contribution in [0.25, 0.3) is 4.96 Å². The summed E-state index contributed by atoms with van der Waals surface area (Å²) in [5, 5.41) is 9.48. The zero-order valence-electron chi connectivity index (χ0n) is 16.4. The molecular weight excluding hydrogens is 440 g/mol. The lowest BCUT2D eigenvalue weighted by Crippen LogP contribution is -2.07. The first kappa shape index (κ1) is 20.7. The highest BCUT2D eigenvalue weighted by molar-refractivity contribution is 8.00. The molecule has 0 aliphatic heterocycles. The molecule has 0 radical (unpaired) electrons. The predicted molar refractivity (Wildman–Crippen MR) is 122 cm³/mol. The summed E-state index contributed by atoms with van der Waals surface area (Å²) in [6, 6.07) is 15.5. The summed E-state index contributed by atoms with van der Waals surface area (Å²) in [4.78, 5) is 13.0. The van der Waals surface area contributed by atoms with E-state index in [0.29, 0.717) is 12.4 Å². The molecule has 0 atom stereocenters. The van der Waals surface area contributed by atoms with Gasteiger partial charge < -0.3 is 9.57 Å². The number of halogens is 1. The summed E-state index contributed by atoms with van der Waals surface area (Å²) in [5.41, 5.74) is 2.86. The second-order valence-corrected chi connectivity index (χ2v) is 8.84. The van der Waals surface area contributed by atoms with E-state index in [-0.39, 0.29) is 0 Å². The second kappa shape index (κ2) is 9.51. The van der Waals surface area contributed by atoms with Crippen LogP contribution in [-0.2, 0) is 11.4 Å². The standard InChI is InChI=1S/C21H19ClN4O2S2/c1-14-20(30-21-23-13-24-26(14)21)19(12-29-18-9-5-16(22)6-10-18)25-28-11-15-3-7-17(27-2)8-4-15/h3-10,13H,11-12H2,1-2H3. The number of aromatic nitrogens is 3. The SMILES string of the molecule is COc1ccc(CON=C(CSc2ccc(Cl)cc2)c2sc3ncnn3c2C)cc1. The third-order valence-corrected chi connectivity index (χ3v) is 6.84. The third-order valence-electron chi connectivity index (χ3n) is 4.37. The maximum atomic E-state index is 5.99. The van der Waals surface area contributed by atoms with E-state index < -0.39 is 0 Å². The molecule has 0 aliphatic rings. The highest BCUT2D eigenvalue weighted by Crippen LogP contribution is 2.26. The van der Waals surface area contributed by atoms with Gasteiger partial charge in [0.2, 0.25) is 4.96 Å². The van der Waals surface area contributed by atoms with Crippen molar-refractivity contribution < 1.29 is 9.57 Å². The largest absolute Gasteiger partial charge is 0.497 e. The predicted octanol–water partition coefficient (Wildman–Crippen LogP) is 5.47. The van der Waals surface area contributed by atoms with E-state index >= 15 is 0 Å². The van der Waals surface area contributed by atoms with Gasteiger partial charge in [-0.2, -0.15) is 5.10 Å². The minimum absolute atomic E-state index is 0.374. The highest BCUT2D eigenvalue weighted by atomic mass is 35.5. The van der Waals surface area contributed by atoms with Crippen LogP contribution in [0.2, 0.25) is 5.02 Å². The zero-order chi connectivity index (χ0) is 20.9. The minimum atomic E-state index is 0.374. The van der Waals surface area contributed by atoms with E-state index in [4.69, 9.17) is 21.2 Å². The molecule has 0 aliphatic carbocycles. The van der Waals surface area contributed by atoms with Crippen LogP contribution >= 0.6 is 34.7 Å². The molecule has 0 saturated heterocycles. The lowest BCUT2D eigenvalue weighted by molar-refractivity contribution is 0.130. The van der Waals surface area contributed by atoms with Gasteiger partial charge in [0.05, 0.1) is 17.7 Å². The molecule has 4 rings (SSSR count). The normalized spacial score (nSPS) is 11.8. The number of fused-ring (bicyclic) bond motifs is 1.